The quantitative estimate of drug-likeness (QED) is 0.210. The van der Waals surface area contributed by atoms with Crippen LogP contribution in [0.2, 0.25) is 0 Å². The van der Waals surface area contributed by atoms with Crippen molar-refractivity contribution in [3.05, 3.63) is 80.2 Å². The smallest absolute Gasteiger partial charge is 0.288 e. The number of benzene rings is 2. The van der Waals surface area contributed by atoms with Gasteiger partial charge in [-0.05, 0) is 17.7 Å². The molecule has 98 valence electrons. The number of hydrogen-bond donors (Lipinski definition) is 0. The van der Waals surface area contributed by atoms with E-state index >= 15 is 0 Å². The van der Waals surface area contributed by atoms with Gasteiger partial charge < -0.3 is 0 Å². The first-order valence-corrected chi connectivity index (χ1v) is 5.57. The number of nitro benzene ring substituents is 1. The van der Waals surface area contributed by atoms with Crippen LogP contribution in [0.25, 0.3) is 10.4 Å². The van der Waals surface area contributed by atoms with Gasteiger partial charge in [-0.1, -0.05) is 41.5 Å². The third kappa shape index (κ3) is 2.47. The molecule has 0 aliphatic rings. The van der Waals surface area contributed by atoms with Crippen molar-refractivity contribution in [3.63, 3.8) is 0 Å². The summed E-state index contributed by atoms with van der Waals surface area (Å²) in [6.07, 6.45) is 0. The fraction of sp³-hybridized carbons (Fsp3) is 0. The molecule has 0 radical (unpaired) electrons. The Labute approximate surface area is 113 Å². The number of carbonyl (C=O) groups excluding carboxylic acids is 1. The van der Waals surface area contributed by atoms with Crippen molar-refractivity contribution < 1.29 is 9.72 Å². The Morgan fingerprint density at radius 2 is 1.85 bits per heavy atom. The van der Waals surface area contributed by atoms with Crippen molar-refractivity contribution in [2.24, 2.45) is 5.11 Å². The van der Waals surface area contributed by atoms with Gasteiger partial charge in [0.2, 0.25) is 0 Å². The SMILES string of the molecule is [N-]=[N+]=Nc1cccc(C(=O)c2ccccc2)c1[N+](=O)[O-]. The fourth-order valence-corrected chi connectivity index (χ4v) is 1.78. The van der Waals surface area contributed by atoms with Crippen molar-refractivity contribution >= 4 is 17.2 Å². The van der Waals surface area contributed by atoms with Crippen LogP contribution in [0.15, 0.2) is 53.6 Å². The van der Waals surface area contributed by atoms with Crippen LogP contribution >= 0.6 is 0 Å². The number of para-hydroxylation sites is 1. The molecule has 20 heavy (non-hydrogen) atoms. The van der Waals surface area contributed by atoms with Crippen molar-refractivity contribution in [2.75, 3.05) is 0 Å². The van der Waals surface area contributed by atoms with Crippen LogP contribution in [0.4, 0.5) is 11.4 Å². The van der Waals surface area contributed by atoms with Gasteiger partial charge in [0.1, 0.15) is 11.3 Å². The lowest BCUT2D eigenvalue weighted by molar-refractivity contribution is -0.384. The summed E-state index contributed by atoms with van der Waals surface area (Å²) < 4.78 is 0. The maximum atomic E-state index is 12.3. The summed E-state index contributed by atoms with van der Waals surface area (Å²) in [5.74, 6) is -0.493. The summed E-state index contributed by atoms with van der Waals surface area (Å²) in [6, 6.07) is 12.3. The first kappa shape index (κ1) is 13.3. The summed E-state index contributed by atoms with van der Waals surface area (Å²) in [5, 5.41) is 14.4. The van der Waals surface area contributed by atoms with Crippen LogP contribution in [0.3, 0.4) is 0 Å². The molecule has 0 aliphatic heterocycles. The second-order valence-electron chi connectivity index (χ2n) is 3.82. The van der Waals surface area contributed by atoms with Gasteiger partial charge in [-0.15, -0.1) is 0 Å². The average Bonchev–Trinajstić information content (AvgIpc) is 2.47. The predicted molar refractivity (Wildman–Crippen MR) is 71.8 cm³/mol. The van der Waals surface area contributed by atoms with E-state index in [0.29, 0.717) is 5.56 Å². The Bertz CT molecular complexity index is 722. The van der Waals surface area contributed by atoms with Gasteiger partial charge in [-0.3, -0.25) is 14.9 Å². The monoisotopic (exact) mass is 268 g/mol. The Balaban J connectivity index is 2.63. The summed E-state index contributed by atoms with van der Waals surface area (Å²) in [7, 11) is 0. The van der Waals surface area contributed by atoms with E-state index in [1.165, 1.54) is 18.2 Å². The van der Waals surface area contributed by atoms with Gasteiger partial charge in [0, 0.05) is 10.5 Å². The normalized spacial score (nSPS) is 9.60. The number of rotatable bonds is 4. The van der Waals surface area contributed by atoms with E-state index in [9.17, 15) is 14.9 Å². The Morgan fingerprint density at radius 1 is 1.15 bits per heavy atom. The molecule has 0 aliphatic carbocycles. The summed E-state index contributed by atoms with van der Waals surface area (Å²) in [6.45, 7) is 0. The van der Waals surface area contributed by atoms with E-state index in [4.69, 9.17) is 5.53 Å². The molecular formula is C13H8N4O3. The molecule has 0 fully saturated rings. The lowest BCUT2D eigenvalue weighted by atomic mass is 10.0. The minimum Gasteiger partial charge on any atom is -0.288 e. The molecular weight excluding hydrogens is 260 g/mol. The average molecular weight is 268 g/mol. The highest BCUT2D eigenvalue weighted by Crippen LogP contribution is 2.32. The zero-order chi connectivity index (χ0) is 14.5. The third-order valence-corrected chi connectivity index (χ3v) is 2.63. The zero-order valence-electron chi connectivity index (χ0n) is 10.1. The largest absolute Gasteiger partial charge is 0.290 e. The van der Waals surface area contributed by atoms with Crippen molar-refractivity contribution in [3.8, 4) is 0 Å². The molecule has 0 spiro atoms. The first-order chi connectivity index (χ1) is 9.65. The number of nitro groups is 1. The molecule has 0 unspecified atom stereocenters. The van der Waals surface area contributed by atoms with Crippen LogP contribution in [-0.4, -0.2) is 10.7 Å². The number of carbonyl (C=O) groups is 1. The predicted octanol–water partition coefficient (Wildman–Crippen LogP) is 3.77. The van der Waals surface area contributed by atoms with Crippen molar-refractivity contribution in [1.29, 1.82) is 0 Å². The Morgan fingerprint density at radius 3 is 2.45 bits per heavy atom. The molecule has 2 aromatic carbocycles. The molecule has 0 aromatic heterocycles. The van der Waals surface area contributed by atoms with Crippen LogP contribution in [0.5, 0.6) is 0 Å². The highest BCUT2D eigenvalue weighted by atomic mass is 16.6. The molecule has 0 amide bonds. The van der Waals surface area contributed by atoms with Gasteiger partial charge in [0.25, 0.3) is 5.69 Å². The minimum atomic E-state index is -0.722. The highest BCUT2D eigenvalue weighted by Gasteiger charge is 2.24. The second-order valence-corrected chi connectivity index (χ2v) is 3.82. The summed E-state index contributed by atoms with van der Waals surface area (Å²) in [4.78, 5) is 25.2. The maximum Gasteiger partial charge on any atom is 0.290 e. The molecule has 0 heterocycles. The number of ketones is 1. The van der Waals surface area contributed by atoms with Gasteiger partial charge >= 0.3 is 0 Å². The summed E-state index contributed by atoms with van der Waals surface area (Å²) >= 11 is 0. The molecule has 2 aromatic rings. The minimum absolute atomic E-state index is 0.105. The molecule has 7 nitrogen and oxygen atoms in total. The standard InChI is InChI=1S/C13H8N4O3/c14-16-15-11-8-4-7-10(12(11)17(19)20)13(18)9-5-2-1-3-6-9/h1-8H. The van der Waals surface area contributed by atoms with Gasteiger partial charge in [0.05, 0.1) is 4.92 Å². The van der Waals surface area contributed by atoms with Gasteiger partial charge in [0.15, 0.2) is 5.78 Å². The first-order valence-electron chi connectivity index (χ1n) is 5.57. The van der Waals surface area contributed by atoms with E-state index in [0.717, 1.165) is 0 Å². The molecule has 0 saturated heterocycles. The fourth-order valence-electron chi connectivity index (χ4n) is 1.78. The summed E-state index contributed by atoms with van der Waals surface area (Å²) in [5.41, 5.74) is 7.98. The van der Waals surface area contributed by atoms with E-state index in [-0.39, 0.29) is 11.3 Å². The number of hydrogen-bond acceptors (Lipinski definition) is 4. The van der Waals surface area contributed by atoms with Crippen LogP contribution in [-0.2, 0) is 0 Å². The number of nitrogens with zero attached hydrogens (tertiary/aromatic N) is 4. The van der Waals surface area contributed by atoms with Crippen LogP contribution in [0.1, 0.15) is 15.9 Å². The molecule has 0 N–H and O–H groups in total. The Hall–Kier alpha value is -3.18. The van der Waals surface area contributed by atoms with Crippen molar-refractivity contribution in [2.45, 2.75) is 0 Å². The van der Waals surface area contributed by atoms with E-state index in [2.05, 4.69) is 10.0 Å². The topological polar surface area (TPSA) is 109 Å². The Kier molecular flexibility index (Phi) is 3.74. The highest BCUT2D eigenvalue weighted by molar-refractivity contribution is 6.12. The van der Waals surface area contributed by atoms with E-state index in [1.807, 2.05) is 0 Å². The zero-order valence-corrected chi connectivity index (χ0v) is 10.1. The molecule has 0 bridgehead atoms. The number of azide groups is 1. The maximum absolute atomic E-state index is 12.3. The van der Waals surface area contributed by atoms with E-state index in [1.54, 1.807) is 30.3 Å². The lowest BCUT2D eigenvalue weighted by Gasteiger charge is -2.04. The third-order valence-electron chi connectivity index (χ3n) is 2.63. The van der Waals surface area contributed by atoms with E-state index < -0.39 is 16.4 Å². The van der Waals surface area contributed by atoms with Crippen LogP contribution < -0.4 is 0 Å². The van der Waals surface area contributed by atoms with Crippen molar-refractivity contribution in [1.82, 2.24) is 0 Å². The molecule has 7 heteroatoms. The lowest BCUT2D eigenvalue weighted by Crippen LogP contribution is -2.05. The molecule has 0 atom stereocenters. The van der Waals surface area contributed by atoms with Gasteiger partial charge in [-0.2, -0.15) is 0 Å². The van der Waals surface area contributed by atoms with Crippen LogP contribution in [0, 0.1) is 10.1 Å². The van der Waals surface area contributed by atoms with Gasteiger partial charge in [-0.25, -0.2) is 0 Å². The molecule has 2 rings (SSSR count). The molecule has 0 saturated carbocycles. The second kappa shape index (κ2) is 5.64.